The Kier molecular flexibility index (Phi) is 8.28. The third-order valence-corrected chi connectivity index (χ3v) is 7.84. The van der Waals surface area contributed by atoms with Gasteiger partial charge in [0.05, 0.1) is 26.9 Å². The highest BCUT2D eigenvalue weighted by Gasteiger charge is 2.42. The highest BCUT2D eigenvalue weighted by Crippen LogP contribution is 2.40. The lowest BCUT2D eigenvalue weighted by atomic mass is 9.98. The zero-order valence-electron chi connectivity index (χ0n) is 20.1. The number of para-hydroxylation sites is 1. The molecule has 1 aliphatic heterocycles. The Morgan fingerprint density at radius 1 is 1.24 bits per heavy atom. The van der Waals surface area contributed by atoms with Crippen LogP contribution in [0.5, 0.6) is 11.6 Å². The van der Waals surface area contributed by atoms with Crippen molar-refractivity contribution >= 4 is 69.5 Å². The number of aromatic nitrogens is 2. The average molecular weight is 577 g/mol. The summed E-state index contributed by atoms with van der Waals surface area (Å²) >= 11 is 18.9. The van der Waals surface area contributed by atoms with E-state index in [0.29, 0.717) is 39.4 Å². The Morgan fingerprint density at radius 3 is 2.57 bits per heavy atom. The minimum atomic E-state index is -1.10. The van der Waals surface area contributed by atoms with Crippen molar-refractivity contribution in [1.82, 2.24) is 14.7 Å². The smallest absolute Gasteiger partial charge is 0.327 e. The molecule has 3 aromatic rings. The van der Waals surface area contributed by atoms with Gasteiger partial charge in [-0.2, -0.15) is 9.78 Å². The van der Waals surface area contributed by atoms with Crippen molar-refractivity contribution in [2.75, 3.05) is 0 Å². The van der Waals surface area contributed by atoms with Crippen LogP contribution in [0.1, 0.15) is 31.5 Å². The highest BCUT2D eigenvalue weighted by molar-refractivity contribution is 8.26. The van der Waals surface area contributed by atoms with Gasteiger partial charge in [-0.3, -0.25) is 9.69 Å². The van der Waals surface area contributed by atoms with Crippen molar-refractivity contribution in [2.45, 2.75) is 33.2 Å². The zero-order chi connectivity index (χ0) is 26.9. The lowest BCUT2D eigenvalue weighted by Gasteiger charge is -2.27. The zero-order valence-corrected chi connectivity index (χ0v) is 23.3. The van der Waals surface area contributed by atoms with E-state index in [2.05, 4.69) is 5.10 Å². The summed E-state index contributed by atoms with van der Waals surface area (Å²) in [6.45, 7) is 5.46. The predicted octanol–water partition coefficient (Wildman–Crippen LogP) is 6.98. The van der Waals surface area contributed by atoms with E-state index in [1.807, 2.05) is 37.3 Å². The lowest BCUT2D eigenvalue weighted by Crippen LogP contribution is -2.47. The van der Waals surface area contributed by atoms with E-state index in [0.717, 1.165) is 17.4 Å². The van der Waals surface area contributed by atoms with Gasteiger partial charge in [-0.1, -0.05) is 85.6 Å². The Labute approximate surface area is 234 Å². The molecule has 2 atom stereocenters. The summed E-state index contributed by atoms with van der Waals surface area (Å²) in [4.78, 5) is 26.9. The molecule has 1 unspecified atom stereocenters. The number of ether oxygens (including phenoxy) is 1. The van der Waals surface area contributed by atoms with Crippen molar-refractivity contribution in [3.05, 3.63) is 74.7 Å². The van der Waals surface area contributed by atoms with Gasteiger partial charge in [-0.15, -0.1) is 0 Å². The molecule has 0 aliphatic carbocycles. The van der Waals surface area contributed by atoms with Crippen LogP contribution in [0.2, 0.25) is 10.0 Å². The Bertz CT molecular complexity index is 1410. The van der Waals surface area contributed by atoms with Crippen molar-refractivity contribution in [3.63, 3.8) is 0 Å². The largest absolute Gasteiger partial charge is 0.480 e. The molecule has 1 amide bonds. The first-order valence-electron chi connectivity index (χ1n) is 11.4. The lowest BCUT2D eigenvalue weighted by molar-refractivity contribution is -0.147. The van der Waals surface area contributed by atoms with Gasteiger partial charge < -0.3 is 9.84 Å². The molecule has 192 valence electrons. The quantitative estimate of drug-likeness (QED) is 0.229. The van der Waals surface area contributed by atoms with Crippen LogP contribution in [0.25, 0.3) is 11.8 Å². The molecule has 0 radical (unpaired) electrons. The molecular formula is C26H23Cl2N3O4S2. The number of halogens is 2. The summed E-state index contributed by atoms with van der Waals surface area (Å²) < 4.78 is 8.06. The second-order valence-corrected chi connectivity index (χ2v) is 11.0. The summed E-state index contributed by atoms with van der Waals surface area (Å²) in [6, 6.07) is 13.2. The van der Waals surface area contributed by atoms with Gasteiger partial charge in [-0.05, 0) is 49.2 Å². The molecule has 4 rings (SSSR count). The summed E-state index contributed by atoms with van der Waals surface area (Å²) in [6.07, 6.45) is 2.21. The molecule has 0 bridgehead atoms. The first kappa shape index (κ1) is 27.2. The molecule has 1 saturated heterocycles. The molecule has 0 spiro atoms. The highest BCUT2D eigenvalue weighted by atomic mass is 35.5. The molecule has 7 nitrogen and oxygen atoms in total. The maximum atomic E-state index is 13.4. The minimum Gasteiger partial charge on any atom is -0.480 e. The maximum Gasteiger partial charge on any atom is 0.327 e. The van der Waals surface area contributed by atoms with Crippen molar-refractivity contribution < 1.29 is 19.4 Å². The van der Waals surface area contributed by atoms with Crippen molar-refractivity contribution in [2.24, 2.45) is 5.92 Å². The molecular weight excluding hydrogens is 553 g/mol. The first-order chi connectivity index (χ1) is 17.6. The van der Waals surface area contributed by atoms with Gasteiger partial charge >= 0.3 is 5.97 Å². The summed E-state index contributed by atoms with van der Waals surface area (Å²) in [5.41, 5.74) is 1.86. The number of hydrogen-bond donors (Lipinski definition) is 1. The number of carbonyl (C=O) groups excluding carboxylic acids is 1. The molecule has 2 aromatic carbocycles. The van der Waals surface area contributed by atoms with E-state index in [4.69, 9.17) is 40.2 Å². The Balaban J connectivity index is 1.82. The summed E-state index contributed by atoms with van der Waals surface area (Å²) in [5.74, 6) is -1.16. The maximum absolute atomic E-state index is 13.4. The van der Waals surface area contributed by atoms with Gasteiger partial charge in [0.25, 0.3) is 5.91 Å². The topological polar surface area (TPSA) is 84.7 Å². The Morgan fingerprint density at radius 2 is 1.95 bits per heavy atom. The summed E-state index contributed by atoms with van der Waals surface area (Å²) in [5, 5.41) is 15.3. The number of carbonyl (C=O) groups is 2. The van der Waals surface area contributed by atoms with Crippen molar-refractivity contribution in [1.29, 1.82) is 0 Å². The van der Waals surface area contributed by atoms with E-state index >= 15 is 0 Å². The Hall–Kier alpha value is -2.85. The number of carboxylic acids is 1. The van der Waals surface area contributed by atoms with E-state index in [-0.39, 0.29) is 15.1 Å². The van der Waals surface area contributed by atoms with Crippen LogP contribution < -0.4 is 4.74 Å². The fourth-order valence-corrected chi connectivity index (χ4v) is 5.63. The van der Waals surface area contributed by atoms with Crippen LogP contribution in [0.4, 0.5) is 0 Å². The van der Waals surface area contributed by atoms with E-state index in [1.54, 1.807) is 42.8 Å². The molecule has 0 saturated carbocycles. The minimum absolute atomic E-state index is 0.195. The molecule has 1 aromatic heterocycles. The number of benzene rings is 2. The van der Waals surface area contributed by atoms with Crippen LogP contribution in [0, 0.1) is 12.8 Å². The second kappa shape index (κ2) is 11.3. The number of thiocarbonyl (C=S) groups is 1. The van der Waals surface area contributed by atoms with Crippen LogP contribution in [-0.2, 0) is 9.59 Å². The SMILES string of the molecule is CCC(C)[C@@H](C(=O)O)N1C(=O)/C(=C/c2c(C)nn(-c3ccccc3)c2Oc2ccc(Cl)cc2Cl)SC1=S. The van der Waals surface area contributed by atoms with Crippen molar-refractivity contribution in [3.8, 4) is 17.3 Å². The standard InChI is InChI=1S/C26H23Cl2N3O4S2/c1-4-14(2)22(25(33)34)30-23(32)21(37-26(30)36)13-18-15(3)29-31(17-8-6-5-7-9-17)24(18)35-20-11-10-16(27)12-19(20)28/h5-14,22H,4H2,1-3H3,(H,33,34)/b21-13-/t14?,22-/m0/s1. The first-order valence-corrected chi connectivity index (χ1v) is 13.4. The molecule has 1 N–H and O–H groups in total. The number of thioether (sulfide) groups is 1. The normalized spacial score (nSPS) is 16.4. The number of carboxylic acid groups (broad SMARTS) is 1. The van der Waals surface area contributed by atoms with Gasteiger partial charge in [0, 0.05) is 5.02 Å². The summed E-state index contributed by atoms with van der Waals surface area (Å²) in [7, 11) is 0. The molecule has 1 fully saturated rings. The fraction of sp³-hybridized carbons (Fsp3) is 0.231. The van der Waals surface area contributed by atoms with E-state index in [9.17, 15) is 14.7 Å². The number of rotatable bonds is 8. The van der Waals surface area contributed by atoms with Crippen LogP contribution in [-0.4, -0.2) is 42.0 Å². The third kappa shape index (κ3) is 5.55. The van der Waals surface area contributed by atoms with Crippen LogP contribution >= 0.6 is 47.2 Å². The fourth-order valence-electron chi connectivity index (χ4n) is 3.87. The molecule has 11 heteroatoms. The average Bonchev–Trinajstić information content (AvgIpc) is 3.32. The molecule has 37 heavy (non-hydrogen) atoms. The number of amides is 1. The monoisotopic (exact) mass is 575 g/mol. The van der Waals surface area contributed by atoms with Gasteiger partial charge in [0.1, 0.15) is 16.1 Å². The number of aryl methyl sites for hydroxylation is 1. The number of aliphatic carboxylic acids is 1. The van der Waals surface area contributed by atoms with E-state index < -0.39 is 17.9 Å². The third-order valence-electron chi connectivity index (χ3n) is 5.98. The van der Waals surface area contributed by atoms with Crippen LogP contribution in [0.15, 0.2) is 53.4 Å². The number of nitrogens with zero attached hydrogens (tertiary/aromatic N) is 3. The second-order valence-electron chi connectivity index (χ2n) is 8.45. The van der Waals surface area contributed by atoms with Crippen LogP contribution in [0.3, 0.4) is 0 Å². The van der Waals surface area contributed by atoms with E-state index in [1.165, 1.54) is 4.90 Å². The molecule has 2 heterocycles. The number of hydrogen-bond acceptors (Lipinski definition) is 6. The van der Waals surface area contributed by atoms with Gasteiger partial charge in [0.15, 0.2) is 0 Å². The van der Waals surface area contributed by atoms with Gasteiger partial charge in [-0.25, -0.2) is 4.79 Å². The predicted molar refractivity (Wildman–Crippen MR) is 151 cm³/mol. The molecule has 1 aliphatic rings. The van der Waals surface area contributed by atoms with Gasteiger partial charge in [0.2, 0.25) is 5.88 Å².